The van der Waals surface area contributed by atoms with E-state index in [2.05, 4.69) is 37.9 Å². The van der Waals surface area contributed by atoms with Gasteiger partial charge in [0, 0.05) is 12.1 Å². The maximum absolute atomic E-state index is 3.77. The molecule has 2 heterocycles. The van der Waals surface area contributed by atoms with E-state index in [9.17, 15) is 0 Å². The third-order valence-corrected chi connectivity index (χ3v) is 5.35. The molecule has 0 amide bonds. The molecule has 1 N–H and O–H groups in total. The molecular weight excluding hydrogens is 220 g/mol. The number of nitrogens with zero attached hydrogens (tertiary/aromatic N) is 1. The van der Waals surface area contributed by atoms with Gasteiger partial charge in [-0.2, -0.15) is 0 Å². The van der Waals surface area contributed by atoms with Crippen molar-refractivity contribution in [2.45, 2.75) is 65.3 Å². The lowest BCUT2D eigenvalue weighted by Crippen LogP contribution is -2.51. The van der Waals surface area contributed by atoms with Crippen molar-refractivity contribution < 1.29 is 0 Å². The first-order valence-corrected chi connectivity index (χ1v) is 7.93. The predicted molar refractivity (Wildman–Crippen MR) is 78.9 cm³/mol. The Bertz CT molecular complexity index is 253. The molecule has 2 fully saturated rings. The van der Waals surface area contributed by atoms with Gasteiger partial charge < -0.3 is 10.2 Å². The minimum absolute atomic E-state index is 0.439. The van der Waals surface area contributed by atoms with Gasteiger partial charge in [-0.1, -0.05) is 27.7 Å². The van der Waals surface area contributed by atoms with Crippen LogP contribution in [0.15, 0.2) is 0 Å². The largest absolute Gasteiger partial charge is 0.310 e. The molecule has 2 aliphatic heterocycles. The molecular formula is C16H32N2. The van der Waals surface area contributed by atoms with Gasteiger partial charge in [-0.15, -0.1) is 0 Å². The molecule has 0 aliphatic carbocycles. The third kappa shape index (κ3) is 3.27. The Kier molecular flexibility index (Phi) is 4.38. The minimum Gasteiger partial charge on any atom is -0.310 e. The van der Waals surface area contributed by atoms with Crippen LogP contribution >= 0.6 is 0 Å². The summed E-state index contributed by atoms with van der Waals surface area (Å²) >= 11 is 0. The van der Waals surface area contributed by atoms with Crippen LogP contribution < -0.4 is 5.32 Å². The van der Waals surface area contributed by atoms with Gasteiger partial charge in [0.1, 0.15) is 0 Å². The maximum Gasteiger partial charge on any atom is 0.0306 e. The molecule has 0 aromatic rings. The predicted octanol–water partition coefficient (Wildman–Crippen LogP) is 3.28. The summed E-state index contributed by atoms with van der Waals surface area (Å²) in [6, 6.07) is 0. The number of hydrogen-bond donors (Lipinski definition) is 1. The van der Waals surface area contributed by atoms with Crippen molar-refractivity contribution in [1.82, 2.24) is 10.2 Å². The molecule has 0 spiro atoms. The average Bonchev–Trinajstić information content (AvgIpc) is 2.78. The Morgan fingerprint density at radius 1 is 1.22 bits per heavy atom. The second-order valence-corrected chi connectivity index (χ2v) is 7.58. The lowest BCUT2D eigenvalue weighted by Gasteiger charge is -2.42. The monoisotopic (exact) mass is 252 g/mol. The molecule has 106 valence electrons. The molecule has 2 saturated heterocycles. The molecule has 1 unspecified atom stereocenters. The first-order valence-electron chi connectivity index (χ1n) is 7.93. The van der Waals surface area contributed by atoms with E-state index in [1.54, 1.807) is 0 Å². The summed E-state index contributed by atoms with van der Waals surface area (Å²) < 4.78 is 0. The Morgan fingerprint density at radius 2 is 1.89 bits per heavy atom. The quantitative estimate of drug-likeness (QED) is 0.829. The van der Waals surface area contributed by atoms with Crippen LogP contribution in [0.4, 0.5) is 0 Å². The molecule has 18 heavy (non-hydrogen) atoms. The molecule has 0 bridgehead atoms. The molecule has 2 rings (SSSR count). The van der Waals surface area contributed by atoms with Gasteiger partial charge in [-0.3, -0.25) is 0 Å². The van der Waals surface area contributed by atoms with Crippen LogP contribution in [0.2, 0.25) is 0 Å². The molecule has 0 radical (unpaired) electrons. The highest BCUT2D eigenvalue weighted by Crippen LogP contribution is 2.35. The van der Waals surface area contributed by atoms with Crippen molar-refractivity contribution in [2.24, 2.45) is 11.3 Å². The van der Waals surface area contributed by atoms with Crippen LogP contribution in [0.3, 0.4) is 0 Å². The lowest BCUT2D eigenvalue weighted by atomic mass is 9.75. The average molecular weight is 252 g/mol. The first-order chi connectivity index (χ1) is 8.45. The van der Waals surface area contributed by atoms with Crippen LogP contribution in [0.25, 0.3) is 0 Å². The van der Waals surface area contributed by atoms with Crippen molar-refractivity contribution in [3.63, 3.8) is 0 Å². The van der Waals surface area contributed by atoms with E-state index >= 15 is 0 Å². The van der Waals surface area contributed by atoms with Gasteiger partial charge in [0.2, 0.25) is 0 Å². The van der Waals surface area contributed by atoms with Crippen molar-refractivity contribution in [3.05, 3.63) is 0 Å². The second kappa shape index (κ2) is 5.50. The number of rotatable bonds is 3. The summed E-state index contributed by atoms with van der Waals surface area (Å²) in [7, 11) is 0. The zero-order valence-corrected chi connectivity index (χ0v) is 12.9. The van der Waals surface area contributed by atoms with Crippen molar-refractivity contribution >= 4 is 0 Å². The van der Waals surface area contributed by atoms with E-state index < -0.39 is 0 Å². The summed E-state index contributed by atoms with van der Waals surface area (Å²) in [5.74, 6) is 0.919. The fraction of sp³-hybridized carbons (Fsp3) is 1.00. The van der Waals surface area contributed by atoms with Crippen LogP contribution in [0.5, 0.6) is 0 Å². The van der Waals surface area contributed by atoms with Gasteiger partial charge in [0.25, 0.3) is 0 Å². The molecule has 0 aromatic carbocycles. The van der Waals surface area contributed by atoms with E-state index in [-0.39, 0.29) is 0 Å². The Morgan fingerprint density at radius 3 is 2.33 bits per heavy atom. The molecule has 0 saturated carbocycles. The van der Waals surface area contributed by atoms with E-state index in [1.807, 2.05) is 0 Å². The fourth-order valence-electron chi connectivity index (χ4n) is 3.80. The minimum atomic E-state index is 0.439. The third-order valence-electron chi connectivity index (χ3n) is 5.35. The maximum atomic E-state index is 3.77. The Labute approximate surface area is 114 Å². The summed E-state index contributed by atoms with van der Waals surface area (Å²) in [4.78, 5) is 2.71. The summed E-state index contributed by atoms with van der Waals surface area (Å²) in [6.07, 6.45) is 6.81. The standard InChI is InChI=1S/C16H32N2/c1-5-16(9-6-10-17-16)13-18-11-7-14(8-12-18)15(2,3)4/h14,17H,5-13H2,1-4H3. The summed E-state index contributed by atoms with van der Waals surface area (Å²) in [6.45, 7) is 14.7. The molecule has 2 heteroatoms. The van der Waals surface area contributed by atoms with Crippen LogP contribution in [0.1, 0.15) is 59.8 Å². The normalized spacial score (nSPS) is 32.0. The van der Waals surface area contributed by atoms with Gasteiger partial charge in [-0.05, 0) is 63.1 Å². The SMILES string of the molecule is CCC1(CN2CCC(C(C)(C)C)CC2)CCCN1. The van der Waals surface area contributed by atoms with Crippen LogP contribution in [-0.2, 0) is 0 Å². The number of likely N-dealkylation sites (tertiary alicyclic amines) is 1. The Balaban J connectivity index is 1.83. The van der Waals surface area contributed by atoms with E-state index in [0.717, 1.165) is 5.92 Å². The Hall–Kier alpha value is -0.0800. The fourth-order valence-corrected chi connectivity index (χ4v) is 3.80. The highest BCUT2D eigenvalue weighted by molar-refractivity contribution is 4.95. The summed E-state index contributed by atoms with van der Waals surface area (Å²) in [5, 5.41) is 3.77. The number of nitrogens with one attached hydrogen (secondary N) is 1. The van der Waals surface area contributed by atoms with Gasteiger partial charge >= 0.3 is 0 Å². The topological polar surface area (TPSA) is 15.3 Å². The highest BCUT2D eigenvalue weighted by atomic mass is 15.2. The zero-order valence-electron chi connectivity index (χ0n) is 12.9. The van der Waals surface area contributed by atoms with E-state index in [1.165, 1.54) is 58.3 Å². The lowest BCUT2D eigenvalue weighted by molar-refractivity contribution is 0.0899. The molecule has 1 atom stereocenters. The first kappa shape index (κ1) is 14.3. The van der Waals surface area contributed by atoms with E-state index in [0.29, 0.717) is 11.0 Å². The van der Waals surface area contributed by atoms with Crippen LogP contribution in [-0.4, -0.2) is 36.6 Å². The van der Waals surface area contributed by atoms with Crippen molar-refractivity contribution in [1.29, 1.82) is 0 Å². The zero-order chi connectivity index (χ0) is 13.2. The van der Waals surface area contributed by atoms with Gasteiger partial charge in [0.05, 0.1) is 0 Å². The number of piperidine rings is 1. The second-order valence-electron chi connectivity index (χ2n) is 7.58. The highest BCUT2D eigenvalue weighted by Gasteiger charge is 2.35. The van der Waals surface area contributed by atoms with Gasteiger partial charge in [0.15, 0.2) is 0 Å². The summed E-state index contributed by atoms with van der Waals surface area (Å²) in [5.41, 5.74) is 0.939. The van der Waals surface area contributed by atoms with Crippen LogP contribution in [0, 0.1) is 11.3 Å². The van der Waals surface area contributed by atoms with Crippen molar-refractivity contribution in [3.8, 4) is 0 Å². The molecule has 0 aromatic heterocycles. The van der Waals surface area contributed by atoms with Gasteiger partial charge in [-0.25, -0.2) is 0 Å². The number of hydrogen-bond acceptors (Lipinski definition) is 2. The smallest absolute Gasteiger partial charge is 0.0306 e. The molecule has 2 nitrogen and oxygen atoms in total. The molecule has 2 aliphatic rings. The van der Waals surface area contributed by atoms with Crippen molar-refractivity contribution in [2.75, 3.05) is 26.2 Å². The van der Waals surface area contributed by atoms with E-state index in [4.69, 9.17) is 0 Å².